The molecule has 1 saturated carbocycles. The van der Waals surface area contributed by atoms with Gasteiger partial charge >= 0.3 is 6.09 Å². The summed E-state index contributed by atoms with van der Waals surface area (Å²) >= 11 is 0. The molecule has 39 heavy (non-hydrogen) atoms. The third-order valence-corrected chi connectivity index (χ3v) is 8.54. The van der Waals surface area contributed by atoms with Crippen molar-refractivity contribution in [2.45, 2.75) is 51.6 Å². The van der Waals surface area contributed by atoms with E-state index in [9.17, 15) is 19.5 Å². The highest BCUT2D eigenvalue weighted by atomic mass is 16.6. The van der Waals surface area contributed by atoms with Gasteiger partial charge in [0.15, 0.2) is 11.5 Å². The average Bonchev–Trinajstić information content (AvgIpc) is 3.34. The van der Waals surface area contributed by atoms with Crippen LogP contribution >= 0.6 is 0 Å². The fourth-order valence-corrected chi connectivity index (χ4v) is 6.95. The van der Waals surface area contributed by atoms with Crippen molar-refractivity contribution in [3.8, 4) is 11.5 Å². The number of ketones is 1. The molecule has 3 N–H and O–H groups in total. The van der Waals surface area contributed by atoms with Gasteiger partial charge < -0.3 is 29.4 Å². The Morgan fingerprint density at radius 2 is 2.00 bits per heavy atom. The number of aromatic amines is 2. The first-order valence-corrected chi connectivity index (χ1v) is 13.2. The number of carbonyl (C=O) groups excluding carboxylic acids is 3. The van der Waals surface area contributed by atoms with Gasteiger partial charge in [-0.15, -0.1) is 0 Å². The van der Waals surface area contributed by atoms with Crippen molar-refractivity contribution in [1.29, 1.82) is 0 Å². The number of methoxy groups -OCH3 is 1. The van der Waals surface area contributed by atoms with Gasteiger partial charge in [-0.2, -0.15) is 0 Å². The first kappa shape index (κ1) is 23.9. The molecule has 2 aliphatic heterocycles. The van der Waals surface area contributed by atoms with Gasteiger partial charge in [0.25, 0.3) is 5.91 Å². The number of hydrogen-bond acceptors (Lipinski definition) is 6. The van der Waals surface area contributed by atoms with E-state index in [4.69, 9.17) is 9.47 Å². The minimum atomic E-state index is -0.694. The number of phenolic OH excluding ortho intramolecular Hbond substituents is 1. The SMILES string of the molecule is COc1c(O)c2c(c3cc(C(=O)N4C[C@@H]5C[C@]56C4=CC(=O)c4[nH]cc(C)c46)[nH]c13)CCN2C(=O)OC(C)(C)C. The van der Waals surface area contributed by atoms with Gasteiger partial charge in [0.05, 0.1) is 24.0 Å². The fraction of sp³-hybridized carbons (Fsp3) is 0.414. The number of allylic oxidation sites excluding steroid dienone is 2. The number of anilines is 1. The Balaban J connectivity index is 1.29. The van der Waals surface area contributed by atoms with Crippen molar-refractivity contribution in [2.24, 2.45) is 5.92 Å². The molecule has 7 rings (SSSR count). The van der Waals surface area contributed by atoms with Crippen LogP contribution in [0.1, 0.15) is 64.9 Å². The van der Waals surface area contributed by atoms with Crippen molar-refractivity contribution in [2.75, 3.05) is 25.1 Å². The lowest BCUT2D eigenvalue weighted by molar-refractivity contribution is 0.0582. The van der Waals surface area contributed by atoms with Gasteiger partial charge in [0.1, 0.15) is 11.3 Å². The molecule has 4 heterocycles. The van der Waals surface area contributed by atoms with Crippen molar-refractivity contribution in [1.82, 2.24) is 14.9 Å². The molecule has 4 aliphatic rings. The zero-order valence-electron chi connectivity index (χ0n) is 22.5. The number of phenols is 1. The highest BCUT2D eigenvalue weighted by molar-refractivity contribution is 6.10. The molecular weight excluding hydrogens is 500 g/mol. The number of amides is 2. The maximum atomic E-state index is 13.9. The predicted octanol–water partition coefficient (Wildman–Crippen LogP) is 4.31. The zero-order valence-corrected chi connectivity index (χ0v) is 22.5. The molecule has 10 nitrogen and oxygen atoms in total. The Morgan fingerprint density at radius 3 is 2.72 bits per heavy atom. The second-order valence-corrected chi connectivity index (χ2v) is 12.0. The molecule has 2 aliphatic carbocycles. The van der Waals surface area contributed by atoms with Crippen molar-refractivity contribution in [3.05, 3.63) is 52.1 Å². The standard InChI is InChI=1S/C29H30N4O6/c1-13-11-30-22-18(34)9-19-29(20(13)22)10-14(29)12-33(19)26(36)17-8-16-15-6-7-32(27(37)39-28(2,3)4)23(15)24(35)25(38-5)21(16)31-17/h8-9,11,14,30-31,35H,6-7,10,12H2,1-5H3/t14-,29+/m0/s1. The van der Waals surface area contributed by atoms with Crippen LogP contribution in [0.25, 0.3) is 10.9 Å². The van der Waals surface area contributed by atoms with Crippen LogP contribution in [0.15, 0.2) is 24.0 Å². The topological polar surface area (TPSA) is 128 Å². The Morgan fingerprint density at radius 1 is 1.23 bits per heavy atom. The first-order chi connectivity index (χ1) is 18.5. The van der Waals surface area contributed by atoms with E-state index in [1.165, 1.54) is 12.0 Å². The van der Waals surface area contributed by atoms with Crippen LogP contribution in [-0.2, 0) is 16.6 Å². The summed E-state index contributed by atoms with van der Waals surface area (Å²) in [5.74, 6) is -0.123. The molecular formula is C29H30N4O6. The number of H-pyrrole nitrogens is 2. The Labute approximate surface area is 224 Å². The van der Waals surface area contributed by atoms with Crippen LogP contribution in [0, 0.1) is 12.8 Å². The third kappa shape index (κ3) is 3.05. The van der Waals surface area contributed by atoms with Crippen LogP contribution in [0.2, 0.25) is 0 Å². The first-order valence-electron chi connectivity index (χ1n) is 13.2. The third-order valence-electron chi connectivity index (χ3n) is 8.54. The normalized spacial score (nSPS) is 22.8. The van der Waals surface area contributed by atoms with E-state index in [-0.39, 0.29) is 34.5 Å². The molecule has 0 unspecified atom stereocenters. The quantitative estimate of drug-likeness (QED) is 0.453. The Bertz CT molecular complexity index is 1670. The minimum absolute atomic E-state index is 0.118. The van der Waals surface area contributed by atoms with E-state index < -0.39 is 11.7 Å². The van der Waals surface area contributed by atoms with E-state index in [2.05, 4.69) is 9.97 Å². The van der Waals surface area contributed by atoms with Gasteiger partial charge in [-0.3, -0.25) is 14.5 Å². The highest BCUT2D eigenvalue weighted by Gasteiger charge is 2.68. The van der Waals surface area contributed by atoms with Gasteiger partial charge in [0, 0.05) is 41.9 Å². The number of carbonyl (C=O) groups is 3. The summed E-state index contributed by atoms with van der Waals surface area (Å²) < 4.78 is 11.1. The van der Waals surface area contributed by atoms with Crippen LogP contribution in [0.3, 0.4) is 0 Å². The lowest BCUT2D eigenvalue weighted by Crippen LogP contribution is -2.35. The second kappa shape index (κ2) is 7.46. The molecule has 1 saturated heterocycles. The second-order valence-electron chi connectivity index (χ2n) is 12.0. The largest absolute Gasteiger partial charge is 0.503 e. The Kier molecular flexibility index (Phi) is 4.57. The van der Waals surface area contributed by atoms with Gasteiger partial charge in [-0.25, -0.2) is 4.79 Å². The minimum Gasteiger partial charge on any atom is -0.503 e. The van der Waals surface area contributed by atoms with Crippen LogP contribution in [0.5, 0.6) is 11.5 Å². The molecule has 2 atom stereocenters. The number of benzene rings is 1. The summed E-state index contributed by atoms with van der Waals surface area (Å²) in [6.45, 7) is 8.22. The van der Waals surface area contributed by atoms with Gasteiger partial charge in [-0.05, 0) is 69.2 Å². The number of nitrogens with zero attached hydrogens (tertiary/aromatic N) is 2. The Hall–Kier alpha value is -4.21. The summed E-state index contributed by atoms with van der Waals surface area (Å²) in [7, 11) is 1.43. The van der Waals surface area contributed by atoms with E-state index >= 15 is 0 Å². The van der Waals surface area contributed by atoms with E-state index in [1.54, 1.807) is 37.8 Å². The van der Waals surface area contributed by atoms with Crippen molar-refractivity contribution < 1.29 is 29.0 Å². The molecule has 0 bridgehead atoms. The molecule has 202 valence electrons. The van der Waals surface area contributed by atoms with Crippen LogP contribution < -0.4 is 9.64 Å². The zero-order chi connectivity index (χ0) is 27.6. The number of rotatable bonds is 2. The summed E-state index contributed by atoms with van der Waals surface area (Å²) in [5, 5.41) is 11.9. The summed E-state index contributed by atoms with van der Waals surface area (Å²) in [6.07, 6.45) is 4.32. The molecule has 3 aromatic rings. The van der Waals surface area contributed by atoms with Crippen LogP contribution in [-0.4, -0.2) is 63.6 Å². The van der Waals surface area contributed by atoms with Crippen molar-refractivity contribution >= 4 is 34.4 Å². The monoisotopic (exact) mass is 530 g/mol. The maximum Gasteiger partial charge on any atom is 0.414 e. The molecule has 2 amide bonds. The number of hydrogen-bond donors (Lipinski definition) is 3. The average molecular weight is 531 g/mol. The number of nitrogens with one attached hydrogen (secondary N) is 2. The van der Waals surface area contributed by atoms with Gasteiger partial charge in [0.2, 0.25) is 5.78 Å². The number of ether oxygens (including phenoxy) is 2. The molecule has 1 aromatic carbocycles. The molecule has 1 spiro atoms. The lowest BCUT2D eigenvalue weighted by atomic mass is 9.83. The number of likely N-dealkylation sites (tertiary alicyclic amines) is 1. The smallest absolute Gasteiger partial charge is 0.414 e. The molecule has 10 heteroatoms. The number of aromatic hydroxyl groups is 1. The van der Waals surface area contributed by atoms with Gasteiger partial charge in [-0.1, -0.05) is 0 Å². The predicted molar refractivity (Wildman–Crippen MR) is 143 cm³/mol. The number of piperidine rings is 1. The van der Waals surface area contributed by atoms with E-state index in [0.717, 1.165) is 28.8 Å². The summed E-state index contributed by atoms with van der Waals surface area (Å²) in [5.41, 5.74) is 4.35. The molecule has 0 radical (unpaired) electrons. The number of aromatic nitrogens is 2. The summed E-state index contributed by atoms with van der Waals surface area (Å²) in [4.78, 5) is 49.2. The maximum absolute atomic E-state index is 13.9. The lowest BCUT2D eigenvalue weighted by Gasteiger charge is -2.28. The number of aryl methyl sites for hydroxylation is 1. The van der Waals surface area contributed by atoms with E-state index in [1.807, 2.05) is 13.1 Å². The fourth-order valence-electron chi connectivity index (χ4n) is 6.95. The number of fused-ring (bicyclic) bond motifs is 4. The summed E-state index contributed by atoms with van der Waals surface area (Å²) in [6, 6.07) is 1.76. The van der Waals surface area contributed by atoms with Crippen molar-refractivity contribution in [3.63, 3.8) is 0 Å². The van der Waals surface area contributed by atoms with E-state index in [0.29, 0.717) is 47.5 Å². The van der Waals surface area contributed by atoms with Crippen LogP contribution in [0.4, 0.5) is 10.5 Å². The molecule has 2 fully saturated rings. The highest BCUT2D eigenvalue weighted by Crippen LogP contribution is 2.67. The molecule has 2 aromatic heterocycles.